The lowest BCUT2D eigenvalue weighted by atomic mass is 9.95. The van der Waals surface area contributed by atoms with Crippen molar-refractivity contribution >= 4 is 16.9 Å². The number of aromatic nitrogens is 1. The highest BCUT2D eigenvalue weighted by Gasteiger charge is 2.38. The molecule has 10 heteroatoms. The molecule has 5 rings (SSSR count). The van der Waals surface area contributed by atoms with Crippen molar-refractivity contribution < 1.29 is 18.4 Å². The molecule has 2 aromatic rings. The Morgan fingerprint density at radius 3 is 2.49 bits per heavy atom. The largest absolute Gasteiger partial charge is 0.360 e. The third-order valence-corrected chi connectivity index (χ3v) is 9.59. The lowest BCUT2D eigenvalue weighted by Gasteiger charge is -2.54. The maximum absolute atomic E-state index is 12.7. The van der Waals surface area contributed by atoms with E-state index in [1.807, 2.05) is 29.4 Å². The lowest BCUT2D eigenvalue weighted by Crippen LogP contribution is -2.54. The van der Waals surface area contributed by atoms with Crippen molar-refractivity contribution in [1.82, 2.24) is 24.4 Å². The van der Waals surface area contributed by atoms with Crippen molar-refractivity contribution in [2.75, 3.05) is 26.2 Å². The first-order valence-electron chi connectivity index (χ1n) is 12.7. The summed E-state index contributed by atoms with van der Waals surface area (Å²) in [5.74, 6) is 1.08. The Morgan fingerprint density at radius 1 is 1.09 bits per heavy atom. The monoisotopic (exact) mass is 503 g/mol. The van der Waals surface area contributed by atoms with Gasteiger partial charge in [-0.2, -0.15) is 8.61 Å². The molecule has 1 aromatic carbocycles. The van der Waals surface area contributed by atoms with Crippen molar-refractivity contribution in [2.45, 2.75) is 63.6 Å². The van der Waals surface area contributed by atoms with E-state index < -0.39 is 11.0 Å². The maximum Gasteiger partial charge on any atom is 0.273 e. The molecule has 0 radical (unpaired) electrons. The van der Waals surface area contributed by atoms with Gasteiger partial charge in [-0.1, -0.05) is 53.4 Å². The van der Waals surface area contributed by atoms with Gasteiger partial charge in [0.2, 0.25) is 0 Å². The summed E-state index contributed by atoms with van der Waals surface area (Å²) in [5.41, 5.74) is 1.59. The number of rotatable bonds is 8. The van der Waals surface area contributed by atoms with E-state index in [0.29, 0.717) is 50.3 Å². The van der Waals surface area contributed by atoms with Gasteiger partial charge in [0.05, 0.1) is 0 Å². The molecule has 2 atom stereocenters. The van der Waals surface area contributed by atoms with Crippen LogP contribution in [0.4, 0.5) is 0 Å². The molecule has 0 spiro atoms. The average Bonchev–Trinajstić information content (AvgIpc) is 3.60. The van der Waals surface area contributed by atoms with Crippen LogP contribution in [0.3, 0.4) is 0 Å². The van der Waals surface area contributed by atoms with E-state index >= 15 is 0 Å². The molecule has 9 nitrogen and oxygen atoms in total. The molecule has 1 saturated carbocycles. The Kier molecular flexibility index (Phi) is 7.47. The third-order valence-electron chi connectivity index (χ3n) is 7.51. The second kappa shape index (κ2) is 10.6. The molecule has 2 saturated heterocycles. The van der Waals surface area contributed by atoms with E-state index in [1.165, 1.54) is 5.56 Å². The van der Waals surface area contributed by atoms with E-state index in [9.17, 15) is 13.9 Å². The standard InChI is InChI=1S/C25H37N5O4S/c1-18-17-30(14-11-22(18)27-25(31)23-15-24(34-28-23)20-7-8-20)35(32,33)29-12-9-21(10-13-29)26-16-19-5-3-2-4-6-19/h2-6,15,18,20-22,26,32-33H,7-14,16-17H2,1H3,(H,27,31)/t18-,22+/m0/s1. The summed E-state index contributed by atoms with van der Waals surface area (Å²) in [5, 5.41) is 10.6. The van der Waals surface area contributed by atoms with Gasteiger partial charge in [-0.05, 0) is 43.6 Å². The quantitative estimate of drug-likeness (QED) is 0.430. The van der Waals surface area contributed by atoms with Crippen molar-refractivity contribution in [3.05, 3.63) is 53.4 Å². The van der Waals surface area contributed by atoms with Crippen molar-refractivity contribution in [1.29, 1.82) is 0 Å². The van der Waals surface area contributed by atoms with Crippen LogP contribution in [0.25, 0.3) is 0 Å². The van der Waals surface area contributed by atoms with Gasteiger partial charge < -0.3 is 15.2 Å². The predicted molar refractivity (Wildman–Crippen MR) is 136 cm³/mol. The van der Waals surface area contributed by atoms with Crippen LogP contribution in [0.2, 0.25) is 0 Å². The summed E-state index contributed by atoms with van der Waals surface area (Å²) in [6, 6.07) is 12.4. The van der Waals surface area contributed by atoms with E-state index in [2.05, 4.69) is 27.9 Å². The molecular weight excluding hydrogens is 466 g/mol. The summed E-state index contributed by atoms with van der Waals surface area (Å²) in [6.45, 7) is 5.21. The van der Waals surface area contributed by atoms with Gasteiger partial charge in [0.1, 0.15) is 5.76 Å². The van der Waals surface area contributed by atoms with Crippen LogP contribution in [-0.2, 0) is 6.54 Å². The summed E-state index contributed by atoms with van der Waals surface area (Å²) < 4.78 is 31.2. The molecule has 3 aliphatic rings. The van der Waals surface area contributed by atoms with Crippen LogP contribution in [-0.4, -0.2) is 67.0 Å². The van der Waals surface area contributed by atoms with E-state index in [1.54, 1.807) is 10.4 Å². The van der Waals surface area contributed by atoms with Gasteiger partial charge in [0, 0.05) is 56.8 Å². The van der Waals surface area contributed by atoms with Gasteiger partial charge >= 0.3 is 0 Å². The highest BCUT2D eigenvalue weighted by Crippen LogP contribution is 2.50. The minimum atomic E-state index is -3.01. The number of piperidine rings is 2. The SMILES string of the molecule is C[C@H]1CN(S(O)(O)N2CCC(NCc3ccccc3)CC2)CC[C@H]1NC(=O)c1cc(C2CC2)on1. The first-order chi connectivity index (χ1) is 16.9. The molecule has 35 heavy (non-hydrogen) atoms. The van der Waals surface area contributed by atoms with Crippen LogP contribution in [0, 0.1) is 5.92 Å². The number of benzene rings is 1. The predicted octanol–water partition coefficient (Wildman–Crippen LogP) is 3.83. The summed E-state index contributed by atoms with van der Waals surface area (Å²) in [7, 11) is -3.01. The van der Waals surface area contributed by atoms with E-state index in [4.69, 9.17) is 4.52 Å². The van der Waals surface area contributed by atoms with Crippen LogP contribution in [0.5, 0.6) is 0 Å². The summed E-state index contributed by atoms with van der Waals surface area (Å²) in [4.78, 5) is 12.7. The number of nitrogens with one attached hydrogen (secondary N) is 2. The Bertz CT molecular complexity index is 991. The third kappa shape index (κ3) is 5.90. The molecule has 2 aliphatic heterocycles. The molecule has 1 aromatic heterocycles. The lowest BCUT2D eigenvalue weighted by molar-refractivity contribution is 0.0885. The highest BCUT2D eigenvalue weighted by atomic mass is 32.3. The fourth-order valence-corrected chi connectivity index (χ4v) is 6.88. The number of carbonyl (C=O) groups is 1. The minimum absolute atomic E-state index is 0.0389. The Morgan fingerprint density at radius 2 is 1.80 bits per heavy atom. The van der Waals surface area contributed by atoms with E-state index in [-0.39, 0.29) is 17.9 Å². The Balaban J connectivity index is 1.08. The van der Waals surface area contributed by atoms with Gasteiger partial charge in [0.15, 0.2) is 5.69 Å². The highest BCUT2D eigenvalue weighted by molar-refractivity contribution is 8.20. The molecule has 3 fully saturated rings. The van der Waals surface area contributed by atoms with Crippen LogP contribution in [0.1, 0.15) is 66.8 Å². The van der Waals surface area contributed by atoms with Crippen molar-refractivity contribution in [3.63, 3.8) is 0 Å². The van der Waals surface area contributed by atoms with Crippen molar-refractivity contribution in [3.8, 4) is 0 Å². The molecule has 0 bridgehead atoms. The minimum Gasteiger partial charge on any atom is -0.360 e. The van der Waals surface area contributed by atoms with Gasteiger partial charge in [0.25, 0.3) is 5.91 Å². The van der Waals surface area contributed by atoms with Crippen molar-refractivity contribution in [2.24, 2.45) is 5.92 Å². The molecule has 1 aliphatic carbocycles. The average molecular weight is 504 g/mol. The summed E-state index contributed by atoms with van der Waals surface area (Å²) in [6.07, 6.45) is 4.61. The zero-order chi connectivity index (χ0) is 24.4. The number of nitrogens with zero attached hydrogens (tertiary/aromatic N) is 3. The topological polar surface area (TPSA) is 114 Å². The smallest absolute Gasteiger partial charge is 0.273 e. The van der Waals surface area contributed by atoms with Gasteiger partial charge in [-0.25, -0.2) is 0 Å². The van der Waals surface area contributed by atoms with E-state index in [0.717, 1.165) is 38.0 Å². The zero-order valence-corrected chi connectivity index (χ0v) is 21.1. The Labute approximate surface area is 208 Å². The molecule has 0 unspecified atom stereocenters. The Hall–Kier alpha value is -1.95. The number of carbonyl (C=O) groups excluding carboxylic acids is 1. The molecule has 1 amide bonds. The second-order valence-corrected chi connectivity index (χ2v) is 12.2. The number of hydrogen-bond donors (Lipinski definition) is 4. The van der Waals surface area contributed by atoms with Crippen LogP contribution >= 0.6 is 11.0 Å². The second-order valence-electron chi connectivity index (χ2n) is 10.2. The maximum atomic E-state index is 12.7. The molecule has 3 heterocycles. The number of amides is 1. The summed E-state index contributed by atoms with van der Waals surface area (Å²) >= 11 is 0. The zero-order valence-electron chi connectivity index (χ0n) is 20.3. The molecular formula is C25H37N5O4S. The van der Waals surface area contributed by atoms with Crippen LogP contribution < -0.4 is 10.6 Å². The molecule has 4 N–H and O–H groups in total. The first kappa shape index (κ1) is 24.7. The van der Waals surface area contributed by atoms with Crippen LogP contribution in [0.15, 0.2) is 40.9 Å². The van der Waals surface area contributed by atoms with Gasteiger partial charge in [-0.3, -0.25) is 13.9 Å². The first-order valence-corrected chi connectivity index (χ1v) is 14.2. The molecule has 192 valence electrons. The normalized spacial score (nSPS) is 25.5. The fourth-order valence-electron chi connectivity index (χ4n) is 5.07. The number of hydrogen-bond acceptors (Lipinski definition) is 8. The van der Waals surface area contributed by atoms with Gasteiger partial charge in [-0.15, -0.1) is 0 Å². The fraction of sp³-hybridized carbons (Fsp3) is 0.600.